The van der Waals surface area contributed by atoms with Crippen molar-refractivity contribution in [2.45, 2.75) is 72.1 Å². The number of hydrazine groups is 1. The van der Waals surface area contributed by atoms with Crippen LogP contribution in [0.3, 0.4) is 0 Å². The molecule has 0 heterocycles. The van der Waals surface area contributed by atoms with E-state index in [4.69, 9.17) is 0 Å². The van der Waals surface area contributed by atoms with E-state index in [1.54, 1.807) is 0 Å². The van der Waals surface area contributed by atoms with E-state index in [1.165, 1.54) is 64.5 Å². The predicted octanol–water partition coefficient (Wildman–Crippen LogP) is 3.81. The van der Waals surface area contributed by atoms with Crippen molar-refractivity contribution in [1.82, 2.24) is 10.4 Å². The van der Waals surface area contributed by atoms with Gasteiger partial charge in [-0.15, -0.1) is 5.43 Å². The van der Waals surface area contributed by atoms with Gasteiger partial charge in [-0.1, -0.05) is 57.9 Å². The third-order valence-corrected chi connectivity index (χ3v) is 2.93. The first-order valence-corrected chi connectivity index (χ1v) is 7.33. The van der Waals surface area contributed by atoms with Crippen LogP contribution in [0.25, 0.3) is 0 Å². The molecule has 2 heteroatoms. The van der Waals surface area contributed by atoms with Crippen molar-refractivity contribution in [2.24, 2.45) is 0 Å². The quantitative estimate of drug-likeness (QED) is 0.305. The molecule has 0 atom stereocenters. The molecule has 0 saturated carbocycles. The summed E-state index contributed by atoms with van der Waals surface area (Å²) in [5.41, 5.74) is 3.58. The van der Waals surface area contributed by atoms with E-state index in [2.05, 4.69) is 31.2 Å². The third kappa shape index (κ3) is 10.4. The van der Waals surface area contributed by atoms with Crippen LogP contribution in [0.5, 0.6) is 0 Å². The Morgan fingerprint density at radius 1 is 0.688 bits per heavy atom. The first-order chi connectivity index (χ1) is 7.85. The van der Waals surface area contributed by atoms with Crippen molar-refractivity contribution in [3.8, 4) is 0 Å². The highest BCUT2D eigenvalue weighted by Gasteiger charge is 2.12. The average Bonchev–Trinajstić information content (AvgIpc) is 2.31. The van der Waals surface area contributed by atoms with Crippen LogP contribution in [-0.4, -0.2) is 19.6 Å². The summed E-state index contributed by atoms with van der Waals surface area (Å²) in [6, 6.07) is 0. The summed E-state index contributed by atoms with van der Waals surface area (Å²) < 4.78 is 0. The van der Waals surface area contributed by atoms with Crippen LogP contribution in [0.15, 0.2) is 0 Å². The highest BCUT2D eigenvalue weighted by Crippen LogP contribution is 1.98. The van der Waals surface area contributed by atoms with Crippen molar-refractivity contribution in [1.29, 1.82) is 0 Å². The normalized spacial score (nSPS) is 11.2. The Kier molecular flexibility index (Phi) is 12.9. The first kappa shape index (κ1) is 15.9. The molecule has 0 aromatic carbocycles. The zero-order valence-corrected chi connectivity index (χ0v) is 11.7. The lowest BCUT2D eigenvalue weighted by Crippen LogP contribution is -2.45. The minimum atomic E-state index is 1.16. The van der Waals surface area contributed by atoms with E-state index in [1.807, 2.05) is 0 Å². The Morgan fingerprint density at radius 3 is 1.75 bits per heavy atom. The van der Waals surface area contributed by atoms with Gasteiger partial charge in [0, 0.05) is 19.4 Å². The average molecular weight is 228 g/mol. The molecule has 0 aliphatic heterocycles. The second kappa shape index (κ2) is 13.0. The highest BCUT2D eigenvalue weighted by atomic mass is 15.5. The van der Waals surface area contributed by atoms with Crippen LogP contribution < -0.4 is 10.4 Å². The van der Waals surface area contributed by atoms with Gasteiger partial charge in [0.05, 0.1) is 0 Å². The van der Waals surface area contributed by atoms with Gasteiger partial charge < -0.3 is 0 Å². The molecule has 0 aromatic heterocycles. The van der Waals surface area contributed by atoms with Crippen LogP contribution in [0.1, 0.15) is 72.1 Å². The van der Waals surface area contributed by atoms with Gasteiger partial charge in [0.15, 0.2) is 0 Å². The standard InChI is InChI=1S/C14H32N2/c1-4-7-10-11-12-15-16(13-8-5-2)14-9-6-3/h15H,4-14H2,1-3H3/q+1. The zero-order valence-electron chi connectivity index (χ0n) is 11.7. The number of nitrogens with one attached hydrogen (secondary N) is 1. The van der Waals surface area contributed by atoms with Gasteiger partial charge >= 0.3 is 0 Å². The lowest BCUT2D eigenvalue weighted by Gasteiger charge is -2.11. The molecular formula is C14H32N2+. The van der Waals surface area contributed by atoms with Gasteiger partial charge in [0.25, 0.3) is 0 Å². The fourth-order valence-electron chi connectivity index (χ4n) is 1.76. The molecule has 0 rings (SSSR count). The minimum absolute atomic E-state index is 1.16. The fourth-order valence-corrected chi connectivity index (χ4v) is 1.76. The molecule has 97 valence electrons. The fraction of sp³-hybridized carbons (Fsp3) is 1.00. The van der Waals surface area contributed by atoms with E-state index in [0.29, 0.717) is 0 Å². The monoisotopic (exact) mass is 228 g/mol. The second-order valence-corrected chi connectivity index (χ2v) is 4.66. The Labute approximate surface area is 103 Å². The van der Waals surface area contributed by atoms with Gasteiger partial charge in [-0.25, -0.2) is 0 Å². The van der Waals surface area contributed by atoms with Crippen LogP contribution in [0.2, 0.25) is 0 Å². The number of nitrogens with zero attached hydrogens (tertiary/aromatic N) is 1. The summed E-state index contributed by atoms with van der Waals surface area (Å²) in [6.45, 7) is 10.4. The second-order valence-electron chi connectivity index (χ2n) is 4.66. The lowest BCUT2D eigenvalue weighted by molar-refractivity contribution is 0.298. The Bertz CT molecular complexity index is 118. The van der Waals surface area contributed by atoms with E-state index in [9.17, 15) is 0 Å². The molecule has 0 aliphatic carbocycles. The minimum Gasteiger partial charge on any atom is -0.119 e. The number of hydrogen-bond donors (Lipinski definition) is 1. The van der Waals surface area contributed by atoms with E-state index < -0.39 is 0 Å². The van der Waals surface area contributed by atoms with Crippen LogP contribution in [0.4, 0.5) is 0 Å². The van der Waals surface area contributed by atoms with Gasteiger partial charge in [-0.05, 0) is 6.42 Å². The maximum atomic E-state index is 3.58. The summed E-state index contributed by atoms with van der Waals surface area (Å²) >= 11 is 0. The predicted molar refractivity (Wildman–Crippen MR) is 73.8 cm³/mol. The van der Waals surface area contributed by atoms with Gasteiger partial charge in [0.2, 0.25) is 0 Å². The van der Waals surface area contributed by atoms with Crippen molar-refractivity contribution in [3.63, 3.8) is 0 Å². The van der Waals surface area contributed by atoms with Crippen LogP contribution in [0, 0.1) is 0 Å². The molecule has 2 nitrogen and oxygen atoms in total. The van der Waals surface area contributed by atoms with Crippen molar-refractivity contribution >= 4 is 0 Å². The molecule has 0 saturated heterocycles. The summed E-state index contributed by atoms with van der Waals surface area (Å²) in [7, 11) is 0. The number of unbranched alkanes of at least 4 members (excludes halogenated alkanes) is 5. The Morgan fingerprint density at radius 2 is 1.25 bits per heavy atom. The third-order valence-electron chi connectivity index (χ3n) is 2.93. The molecule has 1 radical (unpaired) electrons. The summed E-state index contributed by atoms with van der Waals surface area (Å²) in [5.74, 6) is 0. The maximum Gasteiger partial charge on any atom is 0.144 e. The Hall–Kier alpha value is -0.0800. The Balaban J connectivity index is 3.48. The highest BCUT2D eigenvalue weighted by molar-refractivity contribution is 4.59. The van der Waals surface area contributed by atoms with Crippen LogP contribution in [-0.2, 0) is 0 Å². The topological polar surface area (TPSA) is 17.9 Å². The molecule has 0 unspecified atom stereocenters. The maximum absolute atomic E-state index is 3.58. The van der Waals surface area contributed by atoms with Gasteiger partial charge in [0.1, 0.15) is 13.1 Å². The molecule has 0 spiro atoms. The zero-order chi connectivity index (χ0) is 12.1. The van der Waals surface area contributed by atoms with E-state index in [0.717, 1.165) is 6.54 Å². The van der Waals surface area contributed by atoms with Gasteiger partial charge in [-0.2, -0.15) is 0 Å². The molecule has 0 amide bonds. The van der Waals surface area contributed by atoms with Crippen LogP contribution >= 0.6 is 0 Å². The van der Waals surface area contributed by atoms with E-state index >= 15 is 0 Å². The SMILES string of the molecule is CCCCCCN[N+](CCCC)CCCC. The first-order valence-electron chi connectivity index (χ1n) is 7.33. The number of hydrogen-bond acceptors (Lipinski definition) is 2. The molecule has 16 heavy (non-hydrogen) atoms. The summed E-state index contributed by atoms with van der Waals surface area (Å²) in [4.78, 5) is 0. The molecule has 0 aliphatic rings. The van der Waals surface area contributed by atoms with Crippen molar-refractivity contribution in [3.05, 3.63) is 0 Å². The van der Waals surface area contributed by atoms with Gasteiger partial charge in [-0.3, -0.25) is 0 Å². The molecular weight excluding hydrogens is 196 g/mol. The van der Waals surface area contributed by atoms with Crippen molar-refractivity contribution in [2.75, 3.05) is 19.6 Å². The summed E-state index contributed by atoms with van der Waals surface area (Å²) in [5, 5.41) is 2.43. The smallest absolute Gasteiger partial charge is 0.119 e. The lowest BCUT2D eigenvalue weighted by atomic mass is 10.2. The molecule has 0 aromatic rings. The number of rotatable bonds is 12. The molecule has 0 fully saturated rings. The largest absolute Gasteiger partial charge is 0.144 e. The summed E-state index contributed by atoms with van der Waals surface area (Å²) in [6.07, 6.45) is 10.6. The van der Waals surface area contributed by atoms with Crippen molar-refractivity contribution < 1.29 is 0 Å². The molecule has 1 N–H and O–H groups in total. The molecule has 0 bridgehead atoms. The van der Waals surface area contributed by atoms with E-state index in [-0.39, 0.29) is 0 Å².